The van der Waals surface area contributed by atoms with Crippen LogP contribution in [0.25, 0.3) is 0 Å². The van der Waals surface area contributed by atoms with Crippen LogP contribution < -0.4 is 11.1 Å². The minimum atomic E-state index is -0.241. The fraction of sp³-hybridized carbons (Fsp3) is 0.500. The largest absolute Gasteiger partial charge is 0.370 e. The maximum Gasteiger partial charge on any atom is 0.217 e. The maximum atomic E-state index is 12.8. The maximum absolute atomic E-state index is 12.8. The third-order valence-electron chi connectivity index (χ3n) is 3.51. The first-order valence-corrected chi connectivity index (χ1v) is 6.42. The van der Waals surface area contributed by atoms with Crippen LogP contribution in [0.3, 0.4) is 0 Å². The number of amides is 1. The highest BCUT2D eigenvalue weighted by atomic mass is 19.1. The number of carbonyl (C=O) groups excluding carboxylic acids is 1. The number of halogens is 1. The molecular formula is C14H19FN2O. The van der Waals surface area contributed by atoms with Gasteiger partial charge in [-0.05, 0) is 49.4 Å². The van der Waals surface area contributed by atoms with E-state index in [1.807, 2.05) is 12.1 Å². The van der Waals surface area contributed by atoms with Gasteiger partial charge in [-0.25, -0.2) is 4.39 Å². The van der Waals surface area contributed by atoms with E-state index in [0.29, 0.717) is 18.4 Å². The minimum Gasteiger partial charge on any atom is -0.370 e. The highest BCUT2D eigenvalue weighted by Crippen LogP contribution is 2.36. The zero-order chi connectivity index (χ0) is 13.0. The van der Waals surface area contributed by atoms with Crippen molar-refractivity contribution in [1.82, 2.24) is 5.32 Å². The lowest BCUT2D eigenvalue weighted by Gasteiger charge is -2.36. The lowest BCUT2D eigenvalue weighted by Crippen LogP contribution is -2.40. The first-order chi connectivity index (χ1) is 8.65. The van der Waals surface area contributed by atoms with E-state index in [-0.39, 0.29) is 11.7 Å². The molecule has 0 unspecified atom stereocenters. The van der Waals surface area contributed by atoms with E-state index in [0.717, 1.165) is 25.8 Å². The summed E-state index contributed by atoms with van der Waals surface area (Å²) in [5, 5.41) is 3.40. The molecule has 0 radical (unpaired) electrons. The van der Waals surface area contributed by atoms with Crippen LogP contribution in [0.4, 0.5) is 4.39 Å². The molecule has 1 aromatic carbocycles. The van der Waals surface area contributed by atoms with Gasteiger partial charge in [0.15, 0.2) is 0 Å². The first-order valence-electron chi connectivity index (χ1n) is 6.42. The Labute approximate surface area is 107 Å². The topological polar surface area (TPSA) is 55.1 Å². The normalized spacial score (nSPS) is 22.5. The third kappa shape index (κ3) is 3.53. The van der Waals surface area contributed by atoms with Gasteiger partial charge in [0.05, 0.1) is 0 Å². The molecule has 3 N–H and O–H groups in total. The van der Waals surface area contributed by atoms with Crippen LogP contribution in [0.2, 0.25) is 0 Å². The number of rotatable bonds is 6. The summed E-state index contributed by atoms with van der Waals surface area (Å²) in [7, 11) is 0. The second kappa shape index (κ2) is 5.96. The van der Waals surface area contributed by atoms with Gasteiger partial charge in [0.1, 0.15) is 5.82 Å². The van der Waals surface area contributed by atoms with Crippen molar-refractivity contribution in [2.45, 2.75) is 37.6 Å². The molecule has 0 aliphatic heterocycles. The Balaban J connectivity index is 1.64. The Morgan fingerprint density at radius 1 is 1.33 bits per heavy atom. The summed E-state index contributed by atoms with van der Waals surface area (Å²) in [5.74, 6) is 0.119. The molecule has 1 aliphatic rings. The second-order valence-corrected chi connectivity index (χ2v) is 4.94. The highest BCUT2D eigenvalue weighted by molar-refractivity contribution is 5.73. The molecule has 0 heterocycles. The third-order valence-corrected chi connectivity index (χ3v) is 3.51. The van der Waals surface area contributed by atoms with Gasteiger partial charge in [-0.3, -0.25) is 4.79 Å². The molecule has 0 saturated heterocycles. The number of benzene rings is 1. The molecule has 1 aromatic rings. The standard InChI is InChI=1S/C14H19FN2O/c15-12-5-3-10(4-6-12)11-8-13(9-11)17-7-1-2-14(16)18/h3-6,11,13,17H,1-2,7-9H2,(H2,16,18). The van der Waals surface area contributed by atoms with Crippen molar-refractivity contribution >= 4 is 5.91 Å². The Hall–Kier alpha value is -1.42. The molecule has 4 heteroatoms. The Kier molecular flexibility index (Phi) is 4.31. The summed E-state index contributed by atoms with van der Waals surface area (Å²) in [5.41, 5.74) is 6.28. The summed E-state index contributed by atoms with van der Waals surface area (Å²) in [6.45, 7) is 0.837. The second-order valence-electron chi connectivity index (χ2n) is 4.94. The molecule has 1 fully saturated rings. The average Bonchev–Trinajstić information content (AvgIpc) is 2.28. The van der Waals surface area contributed by atoms with Crippen molar-refractivity contribution in [3.05, 3.63) is 35.6 Å². The van der Waals surface area contributed by atoms with E-state index in [1.165, 1.54) is 17.7 Å². The van der Waals surface area contributed by atoms with Crippen molar-refractivity contribution in [1.29, 1.82) is 0 Å². The molecule has 18 heavy (non-hydrogen) atoms. The number of carbonyl (C=O) groups is 1. The van der Waals surface area contributed by atoms with E-state index in [4.69, 9.17) is 5.73 Å². The highest BCUT2D eigenvalue weighted by Gasteiger charge is 2.29. The predicted octanol–water partition coefficient (Wildman–Crippen LogP) is 1.93. The lowest BCUT2D eigenvalue weighted by atomic mass is 9.76. The van der Waals surface area contributed by atoms with Crippen molar-refractivity contribution in [2.24, 2.45) is 5.73 Å². The summed E-state index contributed by atoms with van der Waals surface area (Å²) in [6, 6.07) is 7.28. The summed E-state index contributed by atoms with van der Waals surface area (Å²) >= 11 is 0. The smallest absolute Gasteiger partial charge is 0.217 e. The number of hydrogen-bond donors (Lipinski definition) is 2. The van der Waals surface area contributed by atoms with Gasteiger partial charge in [-0.1, -0.05) is 12.1 Å². The van der Waals surface area contributed by atoms with Gasteiger partial charge in [-0.2, -0.15) is 0 Å². The molecule has 0 spiro atoms. The molecule has 98 valence electrons. The lowest BCUT2D eigenvalue weighted by molar-refractivity contribution is -0.118. The van der Waals surface area contributed by atoms with Crippen LogP contribution >= 0.6 is 0 Å². The number of hydrogen-bond acceptors (Lipinski definition) is 2. The van der Waals surface area contributed by atoms with Gasteiger partial charge in [0, 0.05) is 12.5 Å². The molecule has 0 atom stereocenters. The van der Waals surface area contributed by atoms with E-state index < -0.39 is 0 Å². The first kappa shape index (κ1) is 13.0. The van der Waals surface area contributed by atoms with E-state index in [1.54, 1.807) is 0 Å². The van der Waals surface area contributed by atoms with E-state index >= 15 is 0 Å². The molecule has 1 amide bonds. The zero-order valence-electron chi connectivity index (χ0n) is 10.4. The fourth-order valence-corrected chi connectivity index (χ4v) is 2.36. The van der Waals surface area contributed by atoms with Crippen LogP contribution in [-0.4, -0.2) is 18.5 Å². The summed E-state index contributed by atoms with van der Waals surface area (Å²) in [4.78, 5) is 10.6. The van der Waals surface area contributed by atoms with Crippen LogP contribution in [-0.2, 0) is 4.79 Å². The van der Waals surface area contributed by atoms with Gasteiger partial charge in [-0.15, -0.1) is 0 Å². The van der Waals surface area contributed by atoms with Crippen molar-refractivity contribution in [3.63, 3.8) is 0 Å². The van der Waals surface area contributed by atoms with Crippen LogP contribution in [0.1, 0.15) is 37.2 Å². The van der Waals surface area contributed by atoms with Crippen LogP contribution in [0.15, 0.2) is 24.3 Å². The SMILES string of the molecule is NC(=O)CCCNC1CC(c2ccc(F)cc2)C1. The zero-order valence-corrected chi connectivity index (χ0v) is 10.4. The van der Waals surface area contributed by atoms with Gasteiger partial charge < -0.3 is 11.1 Å². The van der Waals surface area contributed by atoms with Crippen molar-refractivity contribution in [3.8, 4) is 0 Å². The summed E-state index contributed by atoms with van der Waals surface area (Å²) < 4.78 is 12.8. The molecule has 1 saturated carbocycles. The van der Waals surface area contributed by atoms with Crippen molar-refractivity contribution in [2.75, 3.05) is 6.54 Å². The van der Waals surface area contributed by atoms with E-state index in [9.17, 15) is 9.18 Å². The quantitative estimate of drug-likeness (QED) is 0.758. The van der Waals surface area contributed by atoms with Gasteiger partial charge in [0.2, 0.25) is 5.91 Å². The van der Waals surface area contributed by atoms with Crippen LogP contribution in [0.5, 0.6) is 0 Å². The molecule has 2 rings (SSSR count). The molecule has 1 aliphatic carbocycles. The molecular weight excluding hydrogens is 231 g/mol. The van der Waals surface area contributed by atoms with Gasteiger partial charge >= 0.3 is 0 Å². The van der Waals surface area contributed by atoms with E-state index in [2.05, 4.69) is 5.32 Å². The van der Waals surface area contributed by atoms with Gasteiger partial charge in [0.25, 0.3) is 0 Å². The molecule has 0 bridgehead atoms. The summed E-state index contributed by atoms with van der Waals surface area (Å²) in [6.07, 6.45) is 3.42. The number of nitrogens with one attached hydrogen (secondary N) is 1. The monoisotopic (exact) mass is 250 g/mol. The average molecular weight is 250 g/mol. The molecule has 3 nitrogen and oxygen atoms in total. The van der Waals surface area contributed by atoms with Crippen molar-refractivity contribution < 1.29 is 9.18 Å². The Bertz CT molecular complexity index is 399. The molecule has 0 aromatic heterocycles. The number of nitrogens with two attached hydrogens (primary N) is 1. The Morgan fingerprint density at radius 3 is 2.61 bits per heavy atom. The fourth-order valence-electron chi connectivity index (χ4n) is 2.36. The Morgan fingerprint density at radius 2 is 2.00 bits per heavy atom. The predicted molar refractivity (Wildman–Crippen MR) is 68.6 cm³/mol. The number of primary amides is 1. The van der Waals surface area contributed by atoms with Crippen LogP contribution in [0, 0.1) is 5.82 Å². The minimum absolute atomic E-state index is 0.181.